The molecule has 0 spiro atoms. The van der Waals surface area contributed by atoms with Gasteiger partial charge in [-0.15, -0.1) is 5.10 Å². The number of carbonyl (C=O) groups excluding carboxylic acids is 1. The Labute approximate surface area is 201 Å². The maximum absolute atomic E-state index is 13.6. The molecule has 0 bridgehead atoms. The average Bonchev–Trinajstić information content (AvgIpc) is 3.48. The van der Waals surface area contributed by atoms with Crippen molar-refractivity contribution in [3.8, 4) is 23.1 Å². The summed E-state index contributed by atoms with van der Waals surface area (Å²) in [6, 6.07) is 18.1. The van der Waals surface area contributed by atoms with Crippen LogP contribution in [0.15, 0.2) is 82.6 Å². The highest BCUT2D eigenvalue weighted by Crippen LogP contribution is 2.40. The molecule has 0 fully saturated rings. The van der Waals surface area contributed by atoms with E-state index in [0.717, 1.165) is 12.0 Å². The Morgan fingerprint density at radius 2 is 1.89 bits per heavy atom. The van der Waals surface area contributed by atoms with Gasteiger partial charge in [-0.2, -0.15) is 4.98 Å². The van der Waals surface area contributed by atoms with Crippen molar-refractivity contribution in [1.82, 2.24) is 14.8 Å². The van der Waals surface area contributed by atoms with Crippen molar-refractivity contribution in [3.63, 3.8) is 0 Å². The Morgan fingerprint density at radius 3 is 2.69 bits per heavy atom. The second-order valence-electron chi connectivity index (χ2n) is 8.32. The number of nitrogens with zero attached hydrogens (tertiary/aromatic N) is 3. The zero-order valence-electron chi connectivity index (χ0n) is 19.0. The van der Waals surface area contributed by atoms with Crippen LogP contribution in [-0.2, 0) is 4.79 Å². The van der Waals surface area contributed by atoms with Crippen molar-refractivity contribution in [2.45, 2.75) is 19.4 Å². The normalized spacial score (nSPS) is 16.8. The zero-order chi connectivity index (χ0) is 23.8. The fourth-order valence-corrected chi connectivity index (χ4v) is 4.33. The van der Waals surface area contributed by atoms with Crippen molar-refractivity contribution in [2.24, 2.45) is 0 Å². The van der Waals surface area contributed by atoms with Gasteiger partial charge in [-0.3, -0.25) is 4.79 Å². The van der Waals surface area contributed by atoms with Gasteiger partial charge in [0.1, 0.15) is 6.04 Å². The first kappa shape index (κ1) is 21.0. The second-order valence-corrected chi connectivity index (χ2v) is 8.32. The first-order valence-corrected chi connectivity index (χ1v) is 11.4. The van der Waals surface area contributed by atoms with Crippen molar-refractivity contribution < 1.29 is 18.7 Å². The number of para-hydroxylation sites is 1. The van der Waals surface area contributed by atoms with Crippen LogP contribution < -0.4 is 20.1 Å². The predicted molar refractivity (Wildman–Crippen MR) is 129 cm³/mol. The van der Waals surface area contributed by atoms with Gasteiger partial charge in [0.25, 0.3) is 5.91 Å². The third-order valence-electron chi connectivity index (χ3n) is 5.96. The van der Waals surface area contributed by atoms with E-state index in [4.69, 9.17) is 19.0 Å². The summed E-state index contributed by atoms with van der Waals surface area (Å²) in [4.78, 5) is 18.2. The molecule has 1 unspecified atom stereocenters. The number of furan rings is 1. The fraction of sp³-hybridized carbons (Fsp3) is 0.192. The molecule has 2 aromatic carbocycles. The molecular formula is C26H23N5O4. The van der Waals surface area contributed by atoms with E-state index in [1.165, 1.54) is 0 Å². The smallest absolute Gasteiger partial charge is 0.255 e. The Balaban J connectivity index is 1.46. The van der Waals surface area contributed by atoms with Crippen molar-refractivity contribution in [2.75, 3.05) is 23.8 Å². The molecule has 1 atom stereocenters. The van der Waals surface area contributed by atoms with E-state index < -0.39 is 6.04 Å². The summed E-state index contributed by atoms with van der Waals surface area (Å²) in [7, 11) is 0. The lowest BCUT2D eigenvalue weighted by molar-refractivity contribution is -0.113. The van der Waals surface area contributed by atoms with Crippen LogP contribution in [0.4, 0.5) is 11.6 Å². The maximum atomic E-state index is 13.6. The standard InChI is InChI=1S/C26H23N5O4/c1-16-22(25(32)28-18-7-3-2-4-8-18)23(17-10-11-19-21(15-17)35-14-6-13-33-19)31-26(27-16)29-24(30-31)20-9-5-12-34-20/h2-5,7-12,15,23H,6,13-14H2,1H3,(H,28,32)(H,27,29,30). The van der Waals surface area contributed by atoms with Crippen LogP contribution in [0.2, 0.25) is 0 Å². The van der Waals surface area contributed by atoms with Crippen molar-refractivity contribution in [1.29, 1.82) is 0 Å². The lowest BCUT2D eigenvalue weighted by atomic mass is 9.94. The van der Waals surface area contributed by atoms with Crippen LogP contribution >= 0.6 is 0 Å². The molecule has 2 aliphatic heterocycles. The number of carbonyl (C=O) groups is 1. The topological polar surface area (TPSA) is 103 Å². The minimum Gasteiger partial charge on any atom is -0.490 e. The number of hydrogen-bond acceptors (Lipinski definition) is 7. The minimum atomic E-state index is -0.552. The molecule has 0 saturated carbocycles. The van der Waals surface area contributed by atoms with Crippen LogP contribution in [0.1, 0.15) is 24.9 Å². The van der Waals surface area contributed by atoms with E-state index in [0.29, 0.717) is 59.2 Å². The second kappa shape index (κ2) is 8.68. The average molecular weight is 470 g/mol. The third kappa shape index (κ3) is 3.90. The summed E-state index contributed by atoms with van der Waals surface area (Å²) in [6.07, 6.45) is 2.38. The zero-order valence-corrected chi connectivity index (χ0v) is 19.0. The number of aromatic nitrogens is 3. The highest BCUT2D eigenvalue weighted by Gasteiger charge is 2.35. The number of fused-ring (bicyclic) bond motifs is 2. The number of amides is 1. The lowest BCUT2D eigenvalue weighted by Crippen LogP contribution is -2.31. The van der Waals surface area contributed by atoms with E-state index in [2.05, 4.69) is 15.6 Å². The summed E-state index contributed by atoms with van der Waals surface area (Å²) in [6.45, 7) is 3.03. The number of hydrogen-bond donors (Lipinski definition) is 2. The molecule has 9 nitrogen and oxygen atoms in total. The van der Waals surface area contributed by atoms with Gasteiger partial charge >= 0.3 is 0 Å². The van der Waals surface area contributed by atoms with E-state index >= 15 is 0 Å². The Bertz CT molecular complexity index is 1410. The van der Waals surface area contributed by atoms with E-state index in [-0.39, 0.29) is 5.91 Å². The van der Waals surface area contributed by atoms with Gasteiger partial charge in [-0.1, -0.05) is 24.3 Å². The monoisotopic (exact) mass is 469 g/mol. The Hall–Kier alpha value is -4.53. The molecule has 2 aromatic heterocycles. The molecule has 6 rings (SSSR count). The number of benzene rings is 2. The van der Waals surface area contributed by atoms with Gasteiger partial charge in [-0.25, -0.2) is 4.68 Å². The quantitative estimate of drug-likeness (QED) is 0.449. The summed E-state index contributed by atoms with van der Waals surface area (Å²) in [5.74, 6) is 2.58. The summed E-state index contributed by atoms with van der Waals surface area (Å²) in [5, 5.41) is 11.0. The third-order valence-corrected chi connectivity index (χ3v) is 5.96. The Morgan fingerprint density at radius 1 is 1.06 bits per heavy atom. The largest absolute Gasteiger partial charge is 0.490 e. The number of nitrogens with one attached hydrogen (secondary N) is 2. The predicted octanol–water partition coefficient (Wildman–Crippen LogP) is 4.63. The van der Waals surface area contributed by atoms with Gasteiger partial charge in [0, 0.05) is 17.8 Å². The number of ether oxygens (including phenoxy) is 2. The number of allylic oxidation sites excluding steroid dienone is 1. The Kier molecular flexibility index (Phi) is 5.21. The molecule has 9 heteroatoms. The molecule has 2 N–H and O–H groups in total. The lowest BCUT2D eigenvalue weighted by Gasteiger charge is -2.29. The molecule has 176 valence electrons. The SMILES string of the molecule is CC1=C(C(=O)Nc2ccccc2)C(c2ccc3c(c2)OCCCO3)n2nc(-c3ccco3)nc2N1. The van der Waals surface area contributed by atoms with Gasteiger partial charge in [-0.05, 0) is 48.9 Å². The van der Waals surface area contributed by atoms with Gasteiger partial charge in [0.05, 0.1) is 25.1 Å². The molecule has 35 heavy (non-hydrogen) atoms. The van der Waals surface area contributed by atoms with Gasteiger partial charge in [0.15, 0.2) is 17.3 Å². The first-order valence-electron chi connectivity index (χ1n) is 11.4. The number of rotatable bonds is 4. The molecule has 0 saturated heterocycles. The maximum Gasteiger partial charge on any atom is 0.255 e. The minimum absolute atomic E-state index is 0.237. The highest BCUT2D eigenvalue weighted by molar-refractivity contribution is 6.06. The van der Waals surface area contributed by atoms with Crippen LogP contribution in [0.25, 0.3) is 11.6 Å². The van der Waals surface area contributed by atoms with Crippen LogP contribution in [0, 0.1) is 0 Å². The van der Waals surface area contributed by atoms with E-state index in [1.807, 2.05) is 55.5 Å². The van der Waals surface area contributed by atoms with E-state index in [1.54, 1.807) is 23.1 Å². The first-order chi connectivity index (χ1) is 17.2. The molecule has 0 aliphatic carbocycles. The van der Waals surface area contributed by atoms with E-state index in [9.17, 15) is 4.79 Å². The van der Waals surface area contributed by atoms with Crippen molar-refractivity contribution in [3.05, 3.63) is 83.8 Å². The summed E-state index contributed by atoms with van der Waals surface area (Å²) < 4.78 is 19.0. The number of anilines is 2. The fourth-order valence-electron chi connectivity index (χ4n) is 4.33. The molecule has 1 amide bonds. The van der Waals surface area contributed by atoms with Crippen LogP contribution in [0.3, 0.4) is 0 Å². The summed E-state index contributed by atoms with van der Waals surface area (Å²) in [5.41, 5.74) is 2.73. The molecule has 4 heterocycles. The van der Waals surface area contributed by atoms with Crippen LogP contribution in [-0.4, -0.2) is 33.9 Å². The van der Waals surface area contributed by atoms with Gasteiger partial charge < -0.3 is 24.5 Å². The van der Waals surface area contributed by atoms with Crippen LogP contribution in [0.5, 0.6) is 11.5 Å². The summed E-state index contributed by atoms with van der Waals surface area (Å²) >= 11 is 0. The molecule has 2 aliphatic rings. The van der Waals surface area contributed by atoms with Crippen molar-refractivity contribution >= 4 is 17.5 Å². The molecule has 0 radical (unpaired) electrons. The molecular weight excluding hydrogens is 446 g/mol. The highest BCUT2D eigenvalue weighted by atomic mass is 16.5. The molecule has 4 aromatic rings. The van der Waals surface area contributed by atoms with Gasteiger partial charge in [0.2, 0.25) is 11.8 Å².